The van der Waals surface area contributed by atoms with E-state index in [0.717, 1.165) is 30.6 Å². The van der Waals surface area contributed by atoms with Gasteiger partial charge in [0.1, 0.15) is 0 Å². The first-order valence-corrected chi connectivity index (χ1v) is 8.80. The third kappa shape index (κ3) is 6.14. The van der Waals surface area contributed by atoms with Gasteiger partial charge in [0.05, 0.1) is 0 Å². The number of amides is 1. The molecular weight excluding hydrogens is 357 g/mol. The van der Waals surface area contributed by atoms with Crippen LogP contribution in [0.3, 0.4) is 0 Å². The van der Waals surface area contributed by atoms with Crippen LogP contribution in [0, 0.1) is 12.8 Å². The van der Waals surface area contributed by atoms with Crippen LogP contribution in [-0.4, -0.2) is 37.0 Å². The number of halogens is 2. The van der Waals surface area contributed by atoms with Crippen molar-refractivity contribution in [3.63, 3.8) is 0 Å². The van der Waals surface area contributed by atoms with E-state index in [9.17, 15) is 4.79 Å². The van der Waals surface area contributed by atoms with Crippen LogP contribution >= 0.6 is 24.8 Å². The molecule has 2 atom stereocenters. The maximum atomic E-state index is 12.5. The quantitative estimate of drug-likeness (QED) is 0.807. The Labute approximate surface area is 163 Å². The monoisotopic (exact) mass is 387 g/mol. The van der Waals surface area contributed by atoms with E-state index in [1.165, 1.54) is 18.4 Å². The summed E-state index contributed by atoms with van der Waals surface area (Å²) < 4.78 is 0. The average molecular weight is 388 g/mol. The van der Waals surface area contributed by atoms with E-state index in [2.05, 4.69) is 54.8 Å². The van der Waals surface area contributed by atoms with Crippen molar-refractivity contribution in [1.29, 1.82) is 0 Å². The molecule has 2 aliphatic heterocycles. The molecule has 25 heavy (non-hydrogen) atoms. The highest BCUT2D eigenvalue weighted by Crippen LogP contribution is 2.33. The number of hydrogen-bond donors (Lipinski definition) is 2. The minimum absolute atomic E-state index is 0. The van der Waals surface area contributed by atoms with Crippen molar-refractivity contribution < 1.29 is 4.79 Å². The Morgan fingerprint density at radius 3 is 2.44 bits per heavy atom. The molecule has 1 aromatic carbocycles. The molecule has 142 valence electrons. The van der Waals surface area contributed by atoms with E-state index in [4.69, 9.17) is 0 Å². The average Bonchev–Trinajstić information content (AvgIpc) is 2.81. The summed E-state index contributed by atoms with van der Waals surface area (Å²) in [4.78, 5) is 14.6. The number of carbonyl (C=O) groups is 1. The molecule has 4 nitrogen and oxygen atoms in total. The van der Waals surface area contributed by atoms with Crippen LogP contribution in [0.5, 0.6) is 0 Å². The number of benzene rings is 1. The second-order valence-electron chi connectivity index (χ2n) is 7.61. The number of carbonyl (C=O) groups excluding carboxylic acids is 1. The molecule has 2 N–H and O–H groups in total. The topological polar surface area (TPSA) is 44.4 Å². The zero-order valence-corrected chi connectivity index (χ0v) is 17.0. The lowest BCUT2D eigenvalue weighted by atomic mass is 9.89. The first-order valence-electron chi connectivity index (χ1n) is 8.80. The molecule has 1 aromatic rings. The minimum atomic E-state index is 0. The largest absolute Gasteiger partial charge is 0.326 e. The molecule has 2 fully saturated rings. The summed E-state index contributed by atoms with van der Waals surface area (Å²) in [5.74, 6) is 0.709. The number of rotatable bonds is 5. The van der Waals surface area contributed by atoms with E-state index >= 15 is 0 Å². The third-order valence-electron chi connectivity index (χ3n) is 5.12. The van der Waals surface area contributed by atoms with Crippen LogP contribution in [0.15, 0.2) is 18.2 Å². The number of aryl methyl sites for hydroxylation is 1. The number of anilines is 1. The van der Waals surface area contributed by atoms with Gasteiger partial charge in [0.2, 0.25) is 5.91 Å². The maximum Gasteiger partial charge on any atom is 0.224 e. The van der Waals surface area contributed by atoms with Gasteiger partial charge in [0, 0.05) is 30.7 Å². The van der Waals surface area contributed by atoms with Crippen LogP contribution in [-0.2, 0) is 11.3 Å². The molecule has 6 heteroatoms. The molecule has 0 radical (unpaired) electrons. The highest BCUT2D eigenvalue weighted by Gasteiger charge is 2.34. The fourth-order valence-electron chi connectivity index (χ4n) is 4.07. The van der Waals surface area contributed by atoms with Crippen molar-refractivity contribution in [1.82, 2.24) is 10.2 Å². The molecule has 2 saturated heterocycles. The highest BCUT2D eigenvalue weighted by molar-refractivity contribution is 5.91. The number of piperidine rings is 1. The molecule has 3 rings (SSSR count). The minimum Gasteiger partial charge on any atom is -0.326 e. The molecule has 2 unspecified atom stereocenters. The Morgan fingerprint density at radius 2 is 1.84 bits per heavy atom. The van der Waals surface area contributed by atoms with Crippen LogP contribution in [0.2, 0.25) is 0 Å². The fourth-order valence-corrected chi connectivity index (χ4v) is 4.07. The second-order valence-corrected chi connectivity index (χ2v) is 7.61. The third-order valence-corrected chi connectivity index (χ3v) is 5.12. The van der Waals surface area contributed by atoms with Crippen LogP contribution in [0.4, 0.5) is 5.69 Å². The standard InChI is InChI=1S/C19H29N3O.2ClH/c1-13-4-5-14(12-22(2)3)10-18(13)21-19(23)11-15-8-16-6-7-17(9-15)20-16;;/h4-5,10,15-17,20H,6-9,11-12H2,1-3H3,(H,21,23);2*1H. The second kappa shape index (κ2) is 9.77. The van der Waals surface area contributed by atoms with Crippen molar-refractivity contribution in [3.8, 4) is 0 Å². The predicted octanol–water partition coefficient (Wildman–Crippen LogP) is 3.76. The van der Waals surface area contributed by atoms with E-state index < -0.39 is 0 Å². The smallest absolute Gasteiger partial charge is 0.224 e. The molecular formula is C19H31Cl2N3O. The van der Waals surface area contributed by atoms with Crippen molar-refractivity contribution in [2.45, 2.75) is 57.7 Å². The van der Waals surface area contributed by atoms with Crippen LogP contribution in [0.1, 0.15) is 43.2 Å². The summed E-state index contributed by atoms with van der Waals surface area (Å²) in [6, 6.07) is 7.64. The van der Waals surface area contributed by atoms with Crippen molar-refractivity contribution in [2.75, 3.05) is 19.4 Å². The summed E-state index contributed by atoms with van der Waals surface area (Å²) in [5.41, 5.74) is 3.33. The Bertz CT molecular complexity index is 568. The molecule has 0 saturated carbocycles. The summed E-state index contributed by atoms with van der Waals surface area (Å²) in [5, 5.41) is 6.78. The summed E-state index contributed by atoms with van der Waals surface area (Å²) in [7, 11) is 4.12. The predicted molar refractivity (Wildman–Crippen MR) is 109 cm³/mol. The van der Waals surface area contributed by atoms with Crippen molar-refractivity contribution in [3.05, 3.63) is 29.3 Å². The molecule has 0 aliphatic carbocycles. The van der Waals surface area contributed by atoms with Gasteiger partial charge in [-0.15, -0.1) is 24.8 Å². The van der Waals surface area contributed by atoms with Gasteiger partial charge >= 0.3 is 0 Å². The van der Waals surface area contributed by atoms with Gasteiger partial charge in [-0.25, -0.2) is 0 Å². The lowest BCUT2D eigenvalue weighted by Crippen LogP contribution is -2.39. The zero-order chi connectivity index (χ0) is 16.4. The highest BCUT2D eigenvalue weighted by atomic mass is 35.5. The van der Waals surface area contributed by atoms with E-state index in [-0.39, 0.29) is 30.7 Å². The molecule has 0 spiro atoms. The van der Waals surface area contributed by atoms with Gasteiger partial charge in [-0.2, -0.15) is 0 Å². The molecule has 2 heterocycles. The first-order chi connectivity index (χ1) is 11.0. The van der Waals surface area contributed by atoms with Crippen LogP contribution < -0.4 is 10.6 Å². The summed E-state index contributed by atoms with van der Waals surface area (Å²) >= 11 is 0. The molecule has 0 aromatic heterocycles. The van der Waals surface area contributed by atoms with Gasteiger partial charge in [-0.05, 0) is 69.8 Å². The summed E-state index contributed by atoms with van der Waals surface area (Å²) in [6.45, 7) is 2.95. The lowest BCUT2D eigenvalue weighted by molar-refractivity contribution is -0.117. The van der Waals surface area contributed by atoms with Gasteiger partial charge in [-0.3, -0.25) is 4.79 Å². The van der Waals surface area contributed by atoms with Crippen LogP contribution in [0.25, 0.3) is 0 Å². The number of nitrogens with one attached hydrogen (secondary N) is 2. The maximum absolute atomic E-state index is 12.5. The van der Waals surface area contributed by atoms with E-state index in [1.54, 1.807) is 0 Å². The van der Waals surface area contributed by atoms with Gasteiger partial charge in [0.25, 0.3) is 0 Å². The van der Waals surface area contributed by atoms with Gasteiger partial charge in [-0.1, -0.05) is 12.1 Å². The summed E-state index contributed by atoms with van der Waals surface area (Å²) in [6.07, 6.45) is 5.54. The molecule has 2 aliphatic rings. The van der Waals surface area contributed by atoms with E-state index in [1.807, 2.05) is 0 Å². The number of fused-ring (bicyclic) bond motifs is 2. The number of hydrogen-bond acceptors (Lipinski definition) is 3. The lowest BCUT2D eigenvalue weighted by Gasteiger charge is -2.28. The van der Waals surface area contributed by atoms with Gasteiger partial charge in [0.15, 0.2) is 0 Å². The Morgan fingerprint density at radius 1 is 1.20 bits per heavy atom. The zero-order valence-electron chi connectivity index (χ0n) is 15.4. The molecule has 2 bridgehead atoms. The Balaban J connectivity index is 0.00000156. The SMILES string of the molecule is Cc1ccc(CN(C)C)cc1NC(=O)CC1CC2CCC(C1)N2.Cl.Cl. The van der Waals surface area contributed by atoms with E-state index in [0.29, 0.717) is 24.4 Å². The first kappa shape index (κ1) is 22.2. The van der Waals surface area contributed by atoms with Gasteiger partial charge < -0.3 is 15.5 Å². The normalized spacial score (nSPS) is 24.4. The number of nitrogens with zero attached hydrogens (tertiary/aromatic N) is 1. The fraction of sp³-hybridized carbons (Fsp3) is 0.632. The molecule has 1 amide bonds. The van der Waals surface area contributed by atoms with Crippen molar-refractivity contribution >= 4 is 36.4 Å². The van der Waals surface area contributed by atoms with Crippen molar-refractivity contribution in [2.24, 2.45) is 5.92 Å². The Hall–Kier alpha value is -0.810. The Kier molecular flexibility index (Phi) is 8.69.